The predicted molar refractivity (Wildman–Crippen MR) is 93.5 cm³/mol. The third kappa shape index (κ3) is 5.95. The zero-order valence-corrected chi connectivity index (χ0v) is 14.8. The van der Waals surface area contributed by atoms with Crippen LogP contribution in [0.2, 0.25) is 4.34 Å². The highest BCUT2D eigenvalue weighted by atomic mass is 35.5. The van der Waals surface area contributed by atoms with E-state index in [1.807, 2.05) is 0 Å². The van der Waals surface area contributed by atoms with Crippen LogP contribution in [-0.2, 0) is 14.3 Å². The Kier molecular flexibility index (Phi) is 6.66. The van der Waals surface area contributed by atoms with Gasteiger partial charge in [0.2, 0.25) is 0 Å². The SMILES string of the molecule is C[C@H](OC(=O)CCC(=O)c1ccc(Cl)s1)C(=O)Nc1ccc(F)cc1. The quantitative estimate of drug-likeness (QED) is 0.577. The summed E-state index contributed by atoms with van der Waals surface area (Å²) in [5.41, 5.74) is 0.388. The Morgan fingerprint density at radius 2 is 1.84 bits per heavy atom. The first-order chi connectivity index (χ1) is 11.8. The topological polar surface area (TPSA) is 72.5 Å². The number of amides is 1. The molecule has 25 heavy (non-hydrogen) atoms. The third-order valence-electron chi connectivity index (χ3n) is 3.19. The normalized spacial score (nSPS) is 11.6. The molecule has 0 bridgehead atoms. The number of Topliss-reactive ketones (excluding diaryl/α,β-unsaturated/α-hetero) is 1. The molecule has 1 aromatic carbocycles. The maximum Gasteiger partial charge on any atom is 0.307 e. The lowest BCUT2D eigenvalue weighted by atomic mass is 10.2. The highest BCUT2D eigenvalue weighted by Gasteiger charge is 2.19. The average Bonchev–Trinajstić information content (AvgIpc) is 3.01. The summed E-state index contributed by atoms with van der Waals surface area (Å²) in [7, 11) is 0. The maximum absolute atomic E-state index is 12.8. The van der Waals surface area contributed by atoms with Gasteiger partial charge >= 0.3 is 5.97 Å². The van der Waals surface area contributed by atoms with Gasteiger partial charge in [-0.2, -0.15) is 0 Å². The van der Waals surface area contributed by atoms with Crippen molar-refractivity contribution < 1.29 is 23.5 Å². The van der Waals surface area contributed by atoms with Crippen molar-refractivity contribution in [2.24, 2.45) is 0 Å². The fourth-order valence-corrected chi connectivity index (χ4v) is 2.90. The van der Waals surface area contributed by atoms with Crippen LogP contribution in [0.4, 0.5) is 10.1 Å². The summed E-state index contributed by atoms with van der Waals surface area (Å²) in [4.78, 5) is 36.1. The fraction of sp³-hybridized carbons (Fsp3) is 0.235. The van der Waals surface area contributed by atoms with Crippen molar-refractivity contribution in [3.8, 4) is 0 Å². The lowest BCUT2D eigenvalue weighted by Gasteiger charge is -2.13. The molecule has 2 rings (SSSR count). The number of carbonyl (C=O) groups excluding carboxylic acids is 3. The van der Waals surface area contributed by atoms with Gasteiger partial charge in [0.25, 0.3) is 5.91 Å². The highest BCUT2D eigenvalue weighted by Crippen LogP contribution is 2.23. The fourth-order valence-electron chi connectivity index (χ4n) is 1.89. The second kappa shape index (κ2) is 8.73. The Labute approximate surface area is 152 Å². The van der Waals surface area contributed by atoms with E-state index in [2.05, 4.69) is 5.32 Å². The summed E-state index contributed by atoms with van der Waals surface area (Å²) in [6.07, 6.45) is -1.20. The van der Waals surface area contributed by atoms with Crippen molar-refractivity contribution in [3.63, 3.8) is 0 Å². The van der Waals surface area contributed by atoms with Crippen LogP contribution in [0.3, 0.4) is 0 Å². The van der Waals surface area contributed by atoms with Gasteiger partial charge in [-0.15, -0.1) is 11.3 Å². The lowest BCUT2D eigenvalue weighted by molar-refractivity contribution is -0.153. The van der Waals surface area contributed by atoms with E-state index < -0.39 is 23.8 Å². The molecule has 0 saturated heterocycles. The molecule has 0 radical (unpaired) electrons. The minimum atomic E-state index is -1.04. The number of hydrogen-bond donors (Lipinski definition) is 1. The molecule has 132 valence electrons. The molecule has 1 N–H and O–H groups in total. The molecule has 0 aliphatic rings. The van der Waals surface area contributed by atoms with E-state index >= 15 is 0 Å². The Balaban J connectivity index is 1.78. The molecular formula is C17H15ClFNO4S. The second-order valence-corrected chi connectivity index (χ2v) is 6.87. The van der Waals surface area contributed by atoms with E-state index in [1.165, 1.54) is 31.2 Å². The minimum Gasteiger partial charge on any atom is -0.453 e. The largest absolute Gasteiger partial charge is 0.453 e. The Bertz CT molecular complexity index is 775. The number of thiophene rings is 1. The van der Waals surface area contributed by atoms with Gasteiger partial charge < -0.3 is 10.1 Å². The van der Waals surface area contributed by atoms with Crippen molar-refractivity contribution in [2.45, 2.75) is 25.9 Å². The van der Waals surface area contributed by atoms with Crippen molar-refractivity contribution >= 4 is 46.3 Å². The monoisotopic (exact) mass is 383 g/mol. The van der Waals surface area contributed by atoms with Crippen molar-refractivity contribution in [3.05, 3.63) is 51.4 Å². The van der Waals surface area contributed by atoms with Crippen LogP contribution < -0.4 is 5.32 Å². The van der Waals surface area contributed by atoms with Gasteiger partial charge in [0.15, 0.2) is 11.9 Å². The number of benzene rings is 1. The van der Waals surface area contributed by atoms with Gasteiger partial charge in [0, 0.05) is 12.1 Å². The first-order valence-electron chi connectivity index (χ1n) is 7.39. The molecule has 0 aliphatic carbocycles. The van der Waals surface area contributed by atoms with Gasteiger partial charge in [0.1, 0.15) is 5.82 Å². The van der Waals surface area contributed by atoms with E-state index in [0.29, 0.717) is 14.9 Å². The van der Waals surface area contributed by atoms with E-state index in [-0.39, 0.29) is 18.6 Å². The number of halogens is 2. The summed E-state index contributed by atoms with van der Waals surface area (Å²) in [6, 6.07) is 8.40. The van der Waals surface area contributed by atoms with Gasteiger partial charge in [-0.3, -0.25) is 14.4 Å². The second-order valence-electron chi connectivity index (χ2n) is 5.16. The number of nitrogens with one attached hydrogen (secondary N) is 1. The van der Waals surface area contributed by atoms with Crippen LogP contribution >= 0.6 is 22.9 Å². The Hall–Kier alpha value is -2.25. The van der Waals surface area contributed by atoms with Crippen molar-refractivity contribution in [1.29, 1.82) is 0 Å². The molecule has 8 heteroatoms. The van der Waals surface area contributed by atoms with Gasteiger partial charge in [-0.1, -0.05) is 11.6 Å². The molecule has 0 saturated carbocycles. The van der Waals surface area contributed by atoms with Crippen molar-refractivity contribution in [1.82, 2.24) is 0 Å². The van der Waals surface area contributed by atoms with Gasteiger partial charge in [-0.05, 0) is 43.3 Å². The number of ether oxygens (including phenoxy) is 1. The average molecular weight is 384 g/mol. The molecule has 1 heterocycles. The first-order valence-corrected chi connectivity index (χ1v) is 8.59. The van der Waals surface area contributed by atoms with Gasteiger partial charge in [0.05, 0.1) is 15.6 Å². The van der Waals surface area contributed by atoms with Crippen LogP contribution in [0.5, 0.6) is 0 Å². The zero-order valence-electron chi connectivity index (χ0n) is 13.3. The van der Waals surface area contributed by atoms with Crippen LogP contribution in [0.1, 0.15) is 29.4 Å². The highest BCUT2D eigenvalue weighted by molar-refractivity contribution is 7.18. The van der Waals surface area contributed by atoms with E-state index in [0.717, 1.165) is 11.3 Å². The minimum absolute atomic E-state index is 0.0258. The summed E-state index contributed by atoms with van der Waals surface area (Å²) in [6.45, 7) is 1.41. The van der Waals surface area contributed by atoms with E-state index in [4.69, 9.17) is 16.3 Å². The molecular weight excluding hydrogens is 369 g/mol. The lowest BCUT2D eigenvalue weighted by Crippen LogP contribution is -2.30. The van der Waals surface area contributed by atoms with Crippen LogP contribution in [-0.4, -0.2) is 23.8 Å². The molecule has 1 aromatic heterocycles. The zero-order chi connectivity index (χ0) is 18.4. The number of ketones is 1. The summed E-state index contributed by atoms with van der Waals surface area (Å²) < 4.78 is 18.3. The molecule has 2 aromatic rings. The van der Waals surface area contributed by atoms with E-state index in [1.54, 1.807) is 12.1 Å². The number of rotatable bonds is 7. The molecule has 1 amide bonds. The Morgan fingerprint density at radius 3 is 2.44 bits per heavy atom. The summed E-state index contributed by atoms with van der Waals surface area (Å²) in [5, 5.41) is 2.50. The summed E-state index contributed by atoms with van der Waals surface area (Å²) >= 11 is 6.90. The first kappa shape index (κ1) is 19.1. The number of esters is 1. The molecule has 0 spiro atoms. The molecule has 0 unspecified atom stereocenters. The predicted octanol–water partition coefficient (Wildman–Crippen LogP) is 4.07. The number of carbonyl (C=O) groups is 3. The smallest absolute Gasteiger partial charge is 0.307 e. The van der Waals surface area contributed by atoms with Crippen LogP contribution in [0.15, 0.2) is 36.4 Å². The standard InChI is InChI=1S/C17H15ClFNO4S/c1-10(17(23)20-12-4-2-11(19)3-5-12)24-16(22)9-6-13(21)14-7-8-15(18)25-14/h2-5,7-8,10H,6,9H2,1H3,(H,20,23)/t10-/m0/s1. The number of hydrogen-bond acceptors (Lipinski definition) is 5. The molecule has 1 atom stereocenters. The Morgan fingerprint density at radius 1 is 1.16 bits per heavy atom. The van der Waals surface area contributed by atoms with Gasteiger partial charge in [-0.25, -0.2) is 4.39 Å². The molecule has 0 aliphatic heterocycles. The molecule has 5 nitrogen and oxygen atoms in total. The number of anilines is 1. The van der Waals surface area contributed by atoms with Crippen LogP contribution in [0, 0.1) is 5.82 Å². The van der Waals surface area contributed by atoms with Crippen molar-refractivity contribution in [2.75, 3.05) is 5.32 Å². The molecule has 0 fully saturated rings. The van der Waals surface area contributed by atoms with Crippen LogP contribution in [0.25, 0.3) is 0 Å². The third-order valence-corrected chi connectivity index (χ3v) is 4.47. The summed E-state index contributed by atoms with van der Waals surface area (Å²) in [5.74, 6) is -1.83. The van der Waals surface area contributed by atoms with E-state index in [9.17, 15) is 18.8 Å². The maximum atomic E-state index is 12.8.